The molecule has 3 aromatic rings. The lowest BCUT2D eigenvalue weighted by Gasteiger charge is -2.29. The zero-order valence-corrected chi connectivity index (χ0v) is 22.1. The first kappa shape index (κ1) is 26.5. The normalized spacial score (nSPS) is 20.7. The monoisotopic (exact) mass is 536 g/mol. The predicted octanol–water partition coefficient (Wildman–Crippen LogP) is 4.60. The molecular formula is C28H30F2N6O3. The quantitative estimate of drug-likeness (QED) is 0.394. The maximum Gasteiger partial charge on any atom is 0.338 e. The summed E-state index contributed by atoms with van der Waals surface area (Å²) in [5.41, 5.74) is 2.41. The Labute approximate surface area is 224 Å². The van der Waals surface area contributed by atoms with Gasteiger partial charge in [0.2, 0.25) is 0 Å². The summed E-state index contributed by atoms with van der Waals surface area (Å²) in [6.07, 6.45) is 6.66. The Morgan fingerprint density at radius 2 is 1.95 bits per heavy atom. The lowest BCUT2D eigenvalue weighted by molar-refractivity contribution is -0.149. The number of benzene rings is 1. The number of esters is 1. The van der Waals surface area contributed by atoms with Gasteiger partial charge in [-0.2, -0.15) is 5.10 Å². The van der Waals surface area contributed by atoms with Gasteiger partial charge in [0.1, 0.15) is 23.0 Å². The average Bonchev–Trinajstić information content (AvgIpc) is 3.48. The van der Waals surface area contributed by atoms with Gasteiger partial charge in [-0.05, 0) is 64.2 Å². The van der Waals surface area contributed by atoms with Crippen LogP contribution < -0.4 is 10.6 Å². The van der Waals surface area contributed by atoms with Crippen LogP contribution in [0.5, 0.6) is 0 Å². The third-order valence-corrected chi connectivity index (χ3v) is 7.13. The molecule has 2 aliphatic carbocycles. The van der Waals surface area contributed by atoms with E-state index in [0.29, 0.717) is 28.0 Å². The van der Waals surface area contributed by atoms with Crippen molar-refractivity contribution in [3.63, 3.8) is 0 Å². The predicted molar refractivity (Wildman–Crippen MR) is 141 cm³/mol. The summed E-state index contributed by atoms with van der Waals surface area (Å²) < 4.78 is 32.3. The number of ether oxygens (including phenoxy) is 1. The van der Waals surface area contributed by atoms with Crippen molar-refractivity contribution >= 4 is 28.7 Å². The van der Waals surface area contributed by atoms with E-state index in [4.69, 9.17) is 4.74 Å². The molecule has 3 N–H and O–H groups in total. The van der Waals surface area contributed by atoms with E-state index in [2.05, 4.69) is 30.8 Å². The summed E-state index contributed by atoms with van der Waals surface area (Å²) in [4.78, 5) is 34.4. The number of rotatable bonds is 6. The third kappa shape index (κ3) is 5.39. The number of nitrogens with one attached hydrogen (secondary N) is 3. The van der Waals surface area contributed by atoms with Crippen molar-refractivity contribution < 1.29 is 23.1 Å². The number of amides is 1. The third-order valence-electron chi connectivity index (χ3n) is 7.13. The van der Waals surface area contributed by atoms with Crippen LogP contribution in [0, 0.1) is 23.5 Å². The maximum atomic E-state index is 13.5. The molecular weight excluding hydrogens is 506 g/mol. The molecule has 3 atom stereocenters. The molecule has 0 radical (unpaired) electrons. The number of carbonyl (C=O) groups is 2. The van der Waals surface area contributed by atoms with Gasteiger partial charge in [-0.1, -0.05) is 23.8 Å². The summed E-state index contributed by atoms with van der Waals surface area (Å²) >= 11 is 0. The Bertz CT molecular complexity index is 1510. The Morgan fingerprint density at radius 3 is 2.69 bits per heavy atom. The van der Waals surface area contributed by atoms with E-state index in [1.165, 1.54) is 12.4 Å². The zero-order valence-electron chi connectivity index (χ0n) is 22.1. The molecule has 1 saturated carbocycles. The number of carbonyl (C=O) groups excluding carboxylic acids is 2. The van der Waals surface area contributed by atoms with Crippen molar-refractivity contribution in [1.29, 1.82) is 0 Å². The molecule has 39 heavy (non-hydrogen) atoms. The zero-order chi connectivity index (χ0) is 27.9. The molecule has 204 valence electrons. The van der Waals surface area contributed by atoms with Gasteiger partial charge in [0.25, 0.3) is 5.91 Å². The lowest BCUT2D eigenvalue weighted by Crippen LogP contribution is -2.39. The fourth-order valence-corrected chi connectivity index (χ4v) is 5.27. The molecule has 2 unspecified atom stereocenters. The lowest BCUT2D eigenvalue weighted by atomic mass is 9.81. The van der Waals surface area contributed by atoms with Gasteiger partial charge in [0, 0.05) is 18.5 Å². The summed E-state index contributed by atoms with van der Waals surface area (Å²) in [5, 5.41) is 13.2. The molecule has 1 aromatic carbocycles. The van der Waals surface area contributed by atoms with E-state index in [-0.39, 0.29) is 42.0 Å². The van der Waals surface area contributed by atoms with Gasteiger partial charge in [-0.3, -0.25) is 9.89 Å². The van der Waals surface area contributed by atoms with E-state index in [1.807, 2.05) is 33.8 Å². The van der Waals surface area contributed by atoms with Crippen molar-refractivity contribution in [2.24, 2.45) is 11.8 Å². The second-order valence-corrected chi connectivity index (χ2v) is 10.9. The summed E-state index contributed by atoms with van der Waals surface area (Å²) in [6, 6.07) is 3.50. The van der Waals surface area contributed by atoms with Crippen molar-refractivity contribution in [3.05, 3.63) is 70.7 Å². The van der Waals surface area contributed by atoms with Crippen LogP contribution >= 0.6 is 0 Å². The standard InChI is InChI=1S/C28H30F2N6O3/c1-14-16-8-10-21(18(16)7-6-17(14)27(38)39-28(2,3)4)34-26(37)24-22-23(32-13-33-24)25(36-35-22)31-12-15-5-9-19(29)20(30)11-15/h5-7,9,11,13,16,18,21H,8,10,12H2,1-4H3,(H,34,37)(H2,31,35,36)/t16?,18?,21-/m0/s1. The number of fused-ring (bicyclic) bond motifs is 2. The molecule has 5 rings (SSSR count). The fourth-order valence-electron chi connectivity index (χ4n) is 5.27. The number of aromatic nitrogens is 4. The van der Waals surface area contributed by atoms with E-state index < -0.39 is 17.2 Å². The van der Waals surface area contributed by atoms with Gasteiger partial charge in [-0.25, -0.2) is 23.5 Å². The molecule has 11 heteroatoms. The second-order valence-electron chi connectivity index (χ2n) is 10.9. The Hall–Kier alpha value is -4.15. The van der Waals surface area contributed by atoms with Gasteiger partial charge in [0.05, 0.1) is 5.57 Å². The highest BCUT2D eigenvalue weighted by atomic mass is 19.2. The molecule has 0 aliphatic heterocycles. The SMILES string of the molecule is CC1=C(C(=O)OC(C)(C)C)C=CC2C1CC[C@@H]2NC(=O)c1ncnc2c(NCc3ccc(F)c(F)c3)n[nH]c12. The van der Waals surface area contributed by atoms with Crippen LogP contribution in [-0.4, -0.2) is 43.7 Å². The number of hydrogen-bond donors (Lipinski definition) is 3. The topological polar surface area (TPSA) is 122 Å². The Morgan fingerprint density at radius 1 is 1.15 bits per heavy atom. The van der Waals surface area contributed by atoms with Gasteiger partial charge >= 0.3 is 5.97 Å². The van der Waals surface area contributed by atoms with Gasteiger partial charge in [-0.15, -0.1) is 0 Å². The minimum Gasteiger partial charge on any atom is -0.456 e. The maximum absolute atomic E-state index is 13.5. The molecule has 9 nitrogen and oxygen atoms in total. The van der Waals surface area contributed by atoms with Gasteiger partial charge in [0.15, 0.2) is 23.1 Å². The Balaban J connectivity index is 1.28. The number of anilines is 1. The van der Waals surface area contributed by atoms with Crippen molar-refractivity contribution in [3.8, 4) is 0 Å². The first-order valence-corrected chi connectivity index (χ1v) is 12.8. The second kappa shape index (κ2) is 10.2. The van der Waals surface area contributed by atoms with Crippen LogP contribution in [0.15, 0.2) is 47.8 Å². The highest BCUT2D eigenvalue weighted by Crippen LogP contribution is 2.42. The van der Waals surface area contributed by atoms with Gasteiger partial charge < -0.3 is 15.4 Å². The number of aromatic amines is 1. The van der Waals surface area contributed by atoms with Crippen molar-refractivity contribution in [2.75, 3.05) is 5.32 Å². The van der Waals surface area contributed by atoms with E-state index >= 15 is 0 Å². The van der Waals surface area contributed by atoms with E-state index in [1.54, 1.807) is 6.08 Å². The Kier molecular flexibility index (Phi) is 6.92. The van der Waals surface area contributed by atoms with E-state index in [9.17, 15) is 18.4 Å². The van der Waals surface area contributed by atoms with Crippen LogP contribution in [-0.2, 0) is 16.1 Å². The largest absolute Gasteiger partial charge is 0.456 e. The molecule has 2 heterocycles. The molecule has 2 aromatic heterocycles. The average molecular weight is 537 g/mol. The molecule has 0 bridgehead atoms. The smallest absolute Gasteiger partial charge is 0.338 e. The molecule has 1 amide bonds. The summed E-state index contributed by atoms with van der Waals surface area (Å²) in [5.74, 6) is -2.01. The van der Waals surface area contributed by atoms with Crippen molar-refractivity contribution in [1.82, 2.24) is 25.5 Å². The number of allylic oxidation sites excluding steroid dienone is 1. The molecule has 2 aliphatic rings. The van der Waals surface area contributed by atoms with Crippen LogP contribution in [0.3, 0.4) is 0 Å². The molecule has 0 saturated heterocycles. The van der Waals surface area contributed by atoms with E-state index in [0.717, 1.165) is 30.5 Å². The number of hydrogen-bond acceptors (Lipinski definition) is 7. The summed E-state index contributed by atoms with van der Waals surface area (Å²) in [7, 11) is 0. The van der Waals surface area contributed by atoms with Crippen LogP contribution in [0.2, 0.25) is 0 Å². The number of H-pyrrole nitrogens is 1. The first-order chi connectivity index (χ1) is 18.5. The minimum absolute atomic E-state index is 0.0487. The van der Waals surface area contributed by atoms with Crippen LogP contribution in [0.1, 0.15) is 56.6 Å². The first-order valence-electron chi connectivity index (χ1n) is 12.8. The highest BCUT2D eigenvalue weighted by Gasteiger charge is 2.40. The van der Waals surface area contributed by atoms with Crippen LogP contribution in [0.25, 0.3) is 11.0 Å². The molecule has 0 spiro atoms. The number of nitrogens with zero attached hydrogens (tertiary/aromatic N) is 3. The summed E-state index contributed by atoms with van der Waals surface area (Å²) in [6.45, 7) is 7.66. The molecule has 1 fully saturated rings. The fraction of sp³-hybridized carbons (Fsp3) is 0.393. The van der Waals surface area contributed by atoms with Crippen LogP contribution in [0.4, 0.5) is 14.6 Å². The number of halogens is 2. The minimum atomic E-state index is -0.934. The highest BCUT2D eigenvalue weighted by molar-refractivity contribution is 6.05. The van der Waals surface area contributed by atoms with Crippen molar-refractivity contribution in [2.45, 2.75) is 58.7 Å².